The zero-order chi connectivity index (χ0) is 20.0. The van der Waals surface area contributed by atoms with E-state index < -0.39 is 17.9 Å². The molecule has 1 aromatic carbocycles. The molecule has 1 fully saturated rings. The van der Waals surface area contributed by atoms with Crippen molar-refractivity contribution in [3.05, 3.63) is 40.3 Å². The number of nitrogens with zero attached hydrogens (tertiary/aromatic N) is 1. The van der Waals surface area contributed by atoms with E-state index in [1.54, 1.807) is 6.08 Å². The maximum Gasteiger partial charge on any atom is 0.326 e. The van der Waals surface area contributed by atoms with Gasteiger partial charge in [0, 0.05) is 0 Å². The Morgan fingerprint density at radius 3 is 2.59 bits per heavy atom. The monoisotopic (exact) mass is 406 g/mol. The number of nitrogens with one attached hydrogen (secondary N) is 1. The Morgan fingerprint density at radius 2 is 2.00 bits per heavy atom. The van der Waals surface area contributed by atoms with Gasteiger partial charge in [0.15, 0.2) is 0 Å². The molecule has 27 heavy (non-hydrogen) atoms. The zero-order valence-corrected chi connectivity index (χ0v) is 16.9. The van der Waals surface area contributed by atoms with Crippen molar-refractivity contribution in [2.24, 2.45) is 0 Å². The first-order valence-corrected chi connectivity index (χ1v) is 9.88. The Kier molecular flexibility index (Phi) is 7.55. The molecule has 1 saturated heterocycles. The highest BCUT2D eigenvalue weighted by Gasteiger charge is 2.34. The van der Waals surface area contributed by atoms with Crippen molar-refractivity contribution in [3.63, 3.8) is 0 Å². The summed E-state index contributed by atoms with van der Waals surface area (Å²) in [5, 5.41) is 11.7. The number of aryl methyl sites for hydroxylation is 1. The lowest BCUT2D eigenvalue weighted by molar-refractivity contribution is -0.142. The van der Waals surface area contributed by atoms with Crippen LogP contribution in [0.4, 0.5) is 0 Å². The molecule has 1 heterocycles. The van der Waals surface area contributed by atoms with Crippen LogP contribution in [0.1, 0.15) is 37.3 Å². The van der Waals surface area contributed by atoms with Gasteiger partial charge in [-0.1, -0.05) is 73.6 Å². The number of carboxylic acids is 1. The van der Waals surface area contributed by atoms with Crippen LogP contribution in [0.25, 0.3) is 6.08 Å². The van der Waals surface area contributed by atoms with Crippen LogP contribution in [-0.2, 0) is 14.4 Å². The van der Waals surface area contributed by atoms with E-state index in [0.717, 1.165) is 29.3 Å². The number of benzene rings is 1. The van der Waals surface area contributed by atoms with Crippen molar-refractivity contribution in [1.29, 1.82) is 0 Å². The molecule has 144 valence electrons. The molecule has 1 atom stereocenters. The molecule has 2 amide bonds. The Labute approximate surface area is 168 Å². The van der Waals surface area contributed by atoms with E-state index in [4.69, 9.17) is 12.2 Å². The SMILES string of the molecule is CCCC[C@H](NC(=O)CN1C(=O)/C(=C\c2ccc(C)cc2)SC1=S)C(=O)O. The lowest BCUT2D eigenvalue weighted by atomic mass is 10.1. The van der Waals surface area contributed by atoms with Gasteiger partial charge in [0.05, 0.1) is 4.91 Å². The van der Waals surface area contributed by atoms with Crippen molar-refractivity contribution < 1.29 is 19.5 Å². The van der Waals surface area contributed by atoms with Crippen LogP contribution in [0.2, 0.25) is 0 Å². The predicted molar refractivity (Wildman–Crippen MR) is 110 cm³/mol. The normalized spacial score (nSPS) is 16.7. The lowest BCUT2D eigenvalue weighted by Crippen LogP contribution is -2.46. The number of rotatable bonds is 8. The summed E-state index contributed by atoms with van der Waals surface area (Å²) < 4.78 is 0.286. The van der Waals surface area contributed by atoms with Gasteiger partial charge in [-0.05, 0) is 25.0 Å². The number of unbranched alkanes of at least 4 members (excludes halogenated alkanes) is 1. The number of hydrogen-bond donors (Lipinski definition) is 2. The second kappa shape index (κ2) is 9.66. The third kappa shape index (κ3) is 5.90. The summed E-state index contributed by atoms with van der Waals surface area (Å²) in [6.07, 6.45) is 3.61. The van der Waals surface area contributed by atoms with Gasteiger partial charge >= 0.3 is 5.97 Å². The van der Waals surface area contributed by atoms with Crippen molar-refractivity contribution in [1.82, 2.24) is 10.2 Å². The number of amides is 2. The van der Waals surface area contributed by atoms with Crippen LogP contribution >= 0.6 is 24.0 Å². The summed E-state index contributed by atoms with van der Waals surface area (Å²) in [6.45, 7) is 3.64. The average molecular weight is 407 g/mol. The summed E-state index contributed by atoms with van der Waals surface area (Å²) in [7, 11) is 0. The number of carbonyl (C=O) groups is 3. The molecule has 0 bridgehead atoms. The van der Waals surface area contributed by atoms with Crippen LogP contribution in [0.15, 0.2) is 29.2 Å². The van der Waals surface area contributed by atoms with E-state index in [1.807, 2.05) is 38.1 Å². The average Bonchev–Trinajstić information content (AvgIpc) is 2.87. The van der Waals surface area contributed by atoms with Gasteiger partial charge in [0.25, 0.3) is 5.91 Å². The maximum atomic E-state index is 12.6. The molecule has 2 rings (SSSR count). The van der Waals surface area contributed by atoms with Crippen molar-refractivity contribution in [2.45, 2.75) is 39.2 Å². The van der Waals surface area contributed by atoms with Crippen LogP contribution in [0.5, 0.6) is 0 Å². The van der Waals surface area contributed by atoms with Gasteiger partial charge in [-0.2, -0.15) is 0 Å². The molecule has 0 aromatic heterocycles. The van der Waals surface area contributed by atoms with Crippen LogP contribution in [0, 0.1) is 6.92 Å². The van der Waals surface area contributed by atoms with E-state index in [9.17, 15) is 19.5 Å². The van der Waals surface area contributed by atoms with E-state index in [1.165, 1.54) is 4.90 Å². The van der Waals surface area contributed by atoms with Crippen molar-refractivity contribution in [3.8, 4) is 0 Å². The molecule has 0 spiro atoms. The highest BCUT2D eigenvalue weighted by Crippen LogP contribution is 2.32. The first kappa shape index (κ1) is 21.1. The summed E-state index contributed by atoms with van der Waals surface area (Å²) >= 11 is 6.35. The zero-order valence-electron chi connectivity index (χ0n) is 15.2. The highest BCUT2D eigenvalue weighted by molar-refractivity contribution is 8.26. The highest BCUT2D eigenvalue weighted by atomic mass is 32.2. The number of aliphatic carboxylic acids is 1. The van der Waals surface area contributed by atoms with Crippen LogP contribution in [0.3, 0.4) is 0 Å². The molecule has 0 aliphatic carbocycles. The third-order valence-electron chi connectivity index (χ3n) is 4.03. The quantitative estimate of drug-likeness (QED) is 0.510. The fourth-order valence-corrected chi connectivity index (χ4v) is 3.75. The Bertz CT molecular complexity index is 774. The fourth-order valence-electron chi connectivity index (χ4n) is 2.50. The summed E-state index contributed by atoms with van der Waals surface area (Å²) in [5.74, 6) is -1.96. The van der Waals surface area contributed by atoms with Gasteiger partial charge < -0.3 is 10.4 Å². The molecule has 1 aromatic rings. The molecule has 2 N–H and O–H groups in total. The van der Waals surface area contributed by atoms with Crippen molar-refractivity contribution >= 4 is 52.2 Å². The summed E-state index contributed by atoms with van der Waals surface area (Å²) in [6, 6.07) is 6.74. The van der Waals surface area contributed by atoms with Crippen molar-refractivity contribution in [2.75, 3.05) is 6.54 Å². The number of carbonyl (C=O) groups excluding carboxylic acids is 2. The van der Waals surface area contributed by atoms with Gasteiger partial charge in [-0.3, -0.25) is 14.5 Å². The van der Waals surface area contributed by atoms with Gasteiger partial charge in [0.2, 0.25) is 5.91 Å². The number of hydrogen-bond acceptors (Lipinski definition) is 5. The van der Waals surface area contributed by atoms with E-state index in [-0.39, 0.29) is 16.8 Å². The number of carboxylic acid groups (broad SMARTS) is 1. The minimum absolute atomic E-state index is 0.286. The molecule has 8 heteroatoms. The summed E-state index contributed by atoms with van der Waals surface area (Å²) in [5.41, 5.74) is 1.99. The topological polar surface area (TPSA) is 86.7 Å². The minimum atomic E-state index is -1.08. The second-order valence-electron chi connectivity index (χ2n) is 6.28. The smallest absolute Gasteiger partial charge is 0.326 e. The van der Waals surface area contributed by atoms with Gasteiger partial charge in [0.1, 0.15) is 16.9 Å². The van der Waals surface area contributed by atoms with Gasteiger partial charge in [-0.15, -0.1) is 0 Å². The molecule has 0 saturated carbocycles. The number of thiocarbonyl (C=S) groups is 1. The van der Waals surface area contributed by atoms with Gasteiger partial charge in [-0.25, -0.2) is 4.79 Å². The molecular weight excluding hydrogens is 384 g/mol. The standard InChI is InChI=1S/C19H22N2O4S2/c1-3-4-5-14(18(24)25)20-16(22)11-21-17(23)15(27-19(21)26)10-13-8-6-12(2)7-9-13/h6-10,14H,3-5,11H2,1-2H3,(H,20,22)(H,24,25)/b15-10+/t14-/m0/s1. The molecule has 0 unspecified atom stereocenters. The first-order chi connectivity index (χ1) is 12.8. The van der Waals surface area contributed by atoms with E-state index in [2.05, 4.69) is 5.32 Å². The summed E-state index contributed by atoms with van der Waals surface area (Å²) in [4.78, 5) is 37.7. The Hall–Kier alpha value is -2.19. The second-order valence-corrected chi connectivity index (χ2v) is 7.95. The lowest BCUT2D eigenvalue weighted by Gasteiger charge is -2.18. The number of thioether (sulfide) groups is 1. The van der Waals surface area contributed by atoms with Crippen LogP contribution < -0.4 is 5.32 Å². The molecule has 1 aliphatic heterocycles. The molecule has 1 aliphatic rings. The minimum Gasteiger partial charge on any atom is -0.480 e. The van der Waals surface area contributed by atoms with E-state index in [0.29, 0.717) is 17.7 Å². The van der Waals surface area contributed by atoms with E-state index >= 15 is 0 Å². The molecule has 6 nitrogen and oxygen atoms in total. The fraction of sp³-hybridized carbons (Fsp3) is 0.368. The largest absolute Gasteiger partial charge is 0.480 e. The maximum absolute atomic E-state index is 12.6. The molecule has 0 radical (unpaired) electrons. The predicted octanol–water partition coefficient (Wildman–Crippen LogP) is 2.96. The molecular formula is C19H22N2O4S2. The Balaban J connectivity index is 2.03. The van der Waals surface area contributed by atoms with Crippen LogP contribution in [-0.4, -0.2) is 44.7 Å². The third-order valence-corrected chi connectivity index (χ3v) is 5.41. The Morgan fingerprint density at radius 1 is 1.33 bits per heavy atom. The first-order valence-electron chi connectivity index (χ1n) is 8.66.